The first-order chi connectivity index (χ1) is 9.73. The number of carbonyl (C=O) groups is 1. The van der Waals surface area contributed by atoms with Crippen LogP contribution in [0.15, 0.2) is 23.2 Å². The van der Waals surface area contributed by atoms with Gasteiger partial charge in [-0.2, -0.15) is 4.31 Å². The average molecular weight is 317 g/mol. The van der Waals surface area contributed by atoms with Crippen molar-refractivity contribution >= 4 is 21.8 Å². The molecule has 1 saturated heterocycles. The van der Waals surface area contributed by atoms with Gasteiger partial charge in [0.15, 0.2) is 6.20 Å². The van der Waals surface area contributed by atoms with Gasteiger partial charge in [0.05, 0.1) is 6.10 Å². The fourth-order valence-corrected chi connectivity index (χ4v) is 3.62. The van der Waals surface area contributed by atoms with Crippen LogP contribution in [0, 0.1) is 10.1 Å². The summed E-state index contributed by atoms with van der Waals surface area (Å²) in [5, 5.41) is 29.0. The second kappa shape index (κ2) is 5.35. The molecule has 2 heterocycles. The molecule has 0 saturated carbocycles. The van der Waals surface area contributed by atoms with Crippen LogP contribution in [0.2, 0.25) is 0 Å². The minimum Gasteiger partial charge on any atom is -0.480 e. The Balaban J connectivity index is 2.37. The van der Waals surface area contributed by atoms with Crippen LogP contribution in [0.1, 0.15) is 6.42 Å². The number of sulfonamides is 1. The number of carboxylic acids is 1. The molecule has 10 nitrogen and oxygen atoms in total. The van der Waals surface area contributed by atoms with Crippen LogP contribution in [-0.2, 0) is 14.8 Å². The van der Waals surface area contributed by atoms with E-state index >= 15 is 0 Å². The lowest BCUT2D eigenvalue weighted by Crippen LogP contribution is -2.40. The lowest BCUT2D eigenvalue weighted by atomic mass is 10.2. The number of aliphatic hydroxyl groups excluding tert-OH is 1. The summed E-state index contributed by atoms with van der Waals surface area (Å²) in [6, 6.07) is 0.513. The zero-order chi connectivity index (χ0) is 15.8. The first-order valence-electron chi connectivity index (χ1n) is 5.76. The molecule has 0 amide bonds. The molecule has 2 rings (SSSR count). The zero-order valence-corrected chi connectivity index (χ0v) is 11.3. The van der Waals surface area contributed by atoms with Crippen molar-refractivity contribution in [1.29, 1.82) is 0 Å². The molecular formula is C10H11N3O7S. The minimum absolute atomic E-state index is 0.213. The number of aliphatic hydroxyl groups is 1. The molecule has 0 radical (unpaired) electrons. The predicted octanol–water partition coefficient (Wildman–Crippen LogP) is -0.802. The SMILES string of the molecule is O=C(O)[C@H]1C[C@@H](O)CN1S(=O)(=O)c1ccc([N+](=O)[O-])nc1. The number of nitrogens with zero attached hydrogens (tertiary/aromatic N) is 3. The summed E-state index contributed by atoms with van der Waals surface area (Å²) >= 11 is 0. The highest BCUT2D eigenvalue weighted by Gasteiger charge is 2.44. The summed E-state index contributed by atoms with van der Waals surface area (Å²) in [6.45, 7) is -0.351. The van der Waals surface area contributed by atoms with Gasteiger partial charge >= 0.3 is 11.8 Å². The van der Waals surface area contributed by atoms with Gasteiger partial charge in [-0.15, -0.1) is 0 Å². The van der Waals surface area contributed by atoms with Crippen LogP contribution < -0.4 is 0 Å². The van der Waals surface area contributed by atoms with E-state index in [1.165, 1.54) is 0 Å². The number of carboxylic acid groups (broad SMARTS) is 1. The van der Waals surface area contributed by atoms with Gasteiger partial charge in [-0.3, -0.25) is 4.79 Å². The number of rotatable bonds is 4. The lowest BCUT2D eigenvalue weighted by Gasteiger charge is -2.19. The van der Waals surface area contributed by atoms with Gasteiger partial charge in [-0.1, -0.05) is 0 Å². The molecule has 1 aromatic rings. The second-order valence-electron chi connectivity index (χ2n) is 4.43. The van der Waals surface area contributed by atoms with Crippen LogP contribution in [0.4, 0.5) is 5.82 Å². The van der Waals surface area contributed by atoms with E-state index in [2.05, 4.69) is 4.98 Å². The molecule has 114 valence electrons. The Morgan fingerprint density at radius 1 is 1.48 bits per heavy atom. The summed E-state index contributed by atoms with van der Waals surface area (Å²) in [4.78, 5) is 23.8. The lowest BCUT2D eigenvalue weighted by molar-refractivity contribution is -0.389. The Hall–Kier alpha value is -2.11. The summed E-state index contributed by atoms with van der Waals surface area (Å²) in [5.41, 5.74) is 0. The quantitative estimate of drug-likeness (QED) is 0.541. The molecule has 1 aliphatic heterocycles. The Bertz CT molecular complexity index is 672. The summed E-state index contributed by atoms with van der Waals surface area (Å²) in [7, 11) is -4.20. The van der Waals surface area contributed by atoms with Crippen molar-refractivity contribution in [2.75, 3.05) is 6.54 Å². The van der Waals surface area contributed by atoms with E-state index in [4.69, 9.17) is 5.11 Å². The zero-order valence-electron chi connectivity index (χ0n) is 10.5. The highest BCUT2D eigenvalue weighted by atomic mass is 32.2. The van der Waals surface area contributed by atoms with Gasteiger partial charge in [-0.25, -0.2) is 8.42 Å². The normalized spacial score (nSPS) is 23.1. The molecule has 21 heavy (non-hydrogen) atoms. The van der Waals surface area contributed by atoms with Crippen LogP contribution >= 0.6 is 0 Å². The van der Waals surface area contributed by atoms with Gasteiger partial charge < -0.3 is 20.3 Å². The summed E-state index contributed by atoms with van der Waals surface area (Å²) in [6.07, 6.45) is -0.502. The topological polar surface area (TPSA) is 151 Å². The standard InChI is InChI=1S/C10H11N3O7S/c14-6-3-8(10(15)16)12(5-6)21(19,20)7-1-2-9(11-4-7)13(17)18/h1-2,4,6,8,14H,3,5H2,(H,15,16)/t6-,8-/m1/s1. The molecule has 11 heteroatoms. The van der Waals surface area contributed by atoms with Crippen molar-refractivity contribution in [3.8, 4) is 0 Å². The number of aliphatic carboxylic acids is 1. The Labute approximate surface area is 118 Å². The third-order valence-corrected chi connectivity index (χ3v) is 4.89. The maximum Gasteiger partial charge on any atom is 0.363 e. The molecule has 1 aromatic heterocycles. The minimum atomic E-state index is -4.20. The molecular weight excluding hydrogens is 306 g/mol. The number of nitro groups is 1. The maximum atomic E-state index is 12.3. The Morgan fingerprint density at radius 2 is 2.14 bits per heavy atom. The Kier molecular flexibility index (Phi) is 3.89. The maximum absolute atomic E-state index is 12.3. The van der Waals surface area contributed by atoms with Gasteiger partial charge in [0, 0.05) is 19.0 Å². The van der Waals surface area contributed by atoms with Gasteiger partial charge in [0.25, 0.3) is 0 Å². The van der Waals surface area contributed by atoms with Crippen molar-refractivity contribution in [2.45, 2.75) is 23.5 Å². The highest BCUT2D eigenvalue weighted by molar-refractivity contribution is 7.89. The smallest absolute Gasteiger partial charge is 0.363 e. The highest BCUT2D eigenvalue weighted by Crippen LogP contribution is 2.26. The molecule has 2 atom stereocenters. The average Bonchev–Trinajstić information content (AvgIpc) is 2.82. The van der Waals surface area contributed by atoms with E-state index in [9.17, 15) is 28.4 Å². The molecule has 0 spiro atoms. The largest absolute Gasteiger partial charge is 0.480 e. The molecule has 0 aromatic carbocycles. The second-order valence-corrected chi connectivity index (χ2v) is 6.32. The van der Waals surface area contributed by atoms with Gasteiger partial charge in [-0.05, 0) is 16.0 Å². The van der Waals surface area contributed by atoms with Gasteiger partial charge in [0.1, 0.15) is 10.9 Å². The molecule has 2 N–H and O–H groups in total. The molecule has 0 bridgehead atoms. The molecule has 0 aliphatic carbocycles. The third kappa shape index (κ3) is 2.84. The molecule has 1 fully saturated rings. The van der Waals surface area contributed by atoms with E-state index in [1.807, 2.05) is 0 Å². The van der Waals surface area contributed by atoms with E-state index in [0.29, 0.717) is 4.31 Å². The van der Waals surface area contributed by atoms with Crippen molar-refractivity contribution in [2.24, 2.45) is 0 Å². The van der Waals surface area contributed by atoms with Crippen LogP contribution in [0.3, 0.4) is 0 Å². The third-order valence-electron chi connectivity index (χ3n) is 3.03. The first kappa shape index (κ1) is 15.3. The van der Waals surface area contributed by atoms with Crippen molar-refractivity contribution < 1.29 is 28.3 Å². The number of hydrogen-bond donors (Lipinski definition) is 2. The summed E-state index contributed by atoms with van der Waals surface area (Å²) in [5.74, 6) is -1.89. The van der Waals surface area contributed by atoms with Crippen molar-refractivity contribution in [3.05, 3.63) is 28.4 Å². The number of hydrogen-bond acceptors (Lipinski definition) is 7. The number of aromatic nitrogens is 1. The Morgan fingerprint density at radius 3 is 2.62 bits per heavy atom. The number of pyridine rings is 1. The van der Waals surface area contributed by atoms with Crippen LogP contribution in [0.25, 0.3) is 0 Å². The molecule has 0 unspecified atom stereocenters. The fraction of sp³-hybridized carbons (Fsp3) is 0.400. The van der Waals surface area contributed by atoms with E-state index in [1.54, 1.807) is 0 Å². The van der Waals surface area contributed by atoms with E-state index in [0.717, 1.165) is 18.3 Å². The van der Waals surface area contributed by atoms with Crippen molar-refractivity contribution in [3.63, 3.8) is 0 Å². The monoisotopic (exact) mass is 317 g/mol. The van der Waals surface area contributed by atoms with Crippen LogP contribution in [-0.4, -0.2) is 57.5 Å². The predicted molar refractivity (Wildman–Crippen MR) is 66.8 cm³/mol. The number of β-amino-alcohol motifs (C(OH)–C–C–N with tert-alkyl or cyclic N) is 1. The van der Waals surface area contributed by atoms with E-state index < -0.39 is 38.9 Å². The van der Waals surface area contributed by atoms with Crippen molar-refractivity contribution in [1.82, 2.24) is 9.29 Å². The summed E-state index contributed by atoms with van der Waals surface area (Å²) < 4.78 is 25.3. The molecule has 1 aliphatic rings. The fourth-order valence-electron chi connectivity index (χ4n) is 2.04. The first-order valence-corrected chi connectivity index (χ1v) is 7.20. The van der Waals surface area contributed by atoms with Crippen LogP contribution in [0.5, 0.6) is 0 Å². The van der Waals surface area contributed by atoms with Gasteiger partial charge in [0.2, 0.25) is 10.0 Å². The van der Waals surface area contributed by atoms with E-state index in [-0.39, 0.29) is 17.9 Å².